The summed E-state index contributed by atoms with van der Waals surface area (Å²) in [5, 5.41) is 3.30. The van der Waals surface area contributed by atoms with Gasteiger partial charge in [-0.25, -0.2) is 0 Å². The zero-order chi connectivity index (χ0) is 17.0. The van der Waals surface area contributed by atoms with Crippen molar-refractivity contribution in [2.45, 2.75) is 45.5 Å². The quantitative estimate of drug-likeness (QED) is 0.890. The van der Waals surface area contributed by atoms with Crippen molar-refractivity contribution in [2.75, 3.05) is 31.6 Å². The number of piperidine rings is 1. The van der Waals surface area contributed by atoms with Crippen LogP contribution in [-0.2, 0) is 17.5 Å². The molecule has 0 bridgehead atoms. The Morgan fingerprint density at radius 1 is 1.26 bits per heavy atom. The molecule has 1 fully saturated rings. The number of ether oxygens (including phenoxy) is 1. The van der Waals surface area contributed by atoms with Crippen LogP contribution in [0.3, 0.4) is 0 Å². The van der Waals surface area contributed by atoms with E-state index >= 15 is 0 Å². The maximum Gasteiger partial charge on any atom is 0.416 e. The molecule has 1 aliphatic heterocycles. The molecule has 1 aromatic carbocycles. The minimum Gasteiger partial charge on any atom is -0.380 e. The van der Waals surface area contributed by atoms with Gasteiger partial charge in [0.15, 0.2) is 0 Å². The number of hydrogen-bond donors (Lipinski definition) is 1. The number of hydrogen-bond acceptors (Lipinski definition) is 3. The van der Waals surface area contributed by atoms with Gasteiger partial charge in [0.25, 0.3) is 0 Å². The van der Waals surface area contributed by atoms with Crippen molar-refractivity contribution in [1.29, 1.82) is 0 Å². The molecule has 0 saturated carbocycles. The molecule has 0 atom stereocenters. The van der Waals surface area contributed by atoms with Crippen molar-refractivity contribution in [3.05, 3.63) is 28.8 Å². The van der Waals surface area contributed by atoms with Gasteiger partial charge in [0.05, 0.1) is 12.2 Å². The lowest BCUT2D eigenvalue weighted by Crippen LogP contribution is -2.43. The number of nitrogens with zero attached hydrogens (tertiary/aromatic N) is 1. The summed E-state index contributed by atoms with van der Waals surface area (Å²) < 4.78 is 44.9. The largest absolute Gasteiger partial charge is 0.416 e. The van der Waals surface area contributed by atoms with Crippen molar-refractivity contribution in [2.24, 2.45) is 0 Å². The number of benzene rings is 1. The van der Waals surface area contributed by atoms with Gasteiger partial charge in [-0.1, -0.05) is 0 Å². The minimum atomic E-state index is -4.35. The zero-order valence-corrected chi connectivity index (χ0v) is 14.0. The molecule has 0 unspecified atom stereocenters. The highest BCUT2D eigenvalue weighted by Gasteiger charge is 2.33. The third kappa shape index (κ3) is 4.18. The standard InChI is InChI=1S/C17H25F3N2O/c1-4-22(15-5-7-21-8-6-15)16-10-14(17(18,19)20)9-13(11-23-3)12(16)2/h9-10,15,21H,4-8,11H2,1-3H3. The van der Waals surface area contributed by atoms with Crippen LogP contribution in [0.15, 0.2) is 12.1 Å². The number of alkyl halides is 3. The number of methoxy groups -OCH3 is 1. The van der Waals surface area contributed by atoms with Crippen molar-refractivity contribution < 1.29 is 17.9 Å². The summed E-state index contributed by atoms with van der Waals surface area (Å²) in [6.45, 7) is 6.57. The molecule has 0 amide bonds. The molecule has 3 nitrogen and oxygen atoms in total. The summed E-state index contributed by atoms with van der Waals surface area (Å²) in [6.07, 6.45) is -2.45. The van der Waals surface area contributed by atoms with Gasteiger partial charge in [0, 0.05) is 25.4 Å². The maximum atomic E-state index is 13.3. The Kier molecular flexibility index (Phi) is 5.92. The summed E-state index contributed by atoms with van der Waals surface area (Å²) in [5.41, 5.74) is 1.56. The molecule has 0 aromatic heterocycles. The van der Waals surface area contributed by atoms with E-state index in [0.29, 0.717) is 17.8 Å². The van der Waals surface area contributed by atoms with E-state index in [0.717, 1.165) is 31.5 Å². The van der Waals surface area contributed by atoms with Crippen LogP contribution in [0, 0.1) is 6.92 Å². The first kappa shape index (κ1) is 18.1. The Labute approximate surface area is 135 Å². The highest BCUT2D eigenvalue weighted by molar-refractivity contribution is 5.59. The third-order valence-electron chi connectivity index (χ3n) is 4.51. The van der Waals surface area contributed by atoms with Crippen LogP contribution >= 0.6 is 0 Å². The third-order valence-corrected chi connectivity index (χ3v) is 4.51. The first-order valence-electron chi connectivity index (χ1n) is 8.05. The molecule has 0 spiro atoms. The molecule has 6 heteroatoms. The fraction of sp³-hybridized carbons (Fsp3) is 0.647. The number of rotatable bonds is 5. The molecule has 1 saturated heterocycles. The Balaban J connectivity index is 2.46. The van der Waals surface area contributed by atoms with Crippen LogP contribution in [0.5, 0.6) is 0 Å². The molecular formula is C17H25F3N2O. The molecule has 0 radical (unpaired) electrons. The molecule has 2 rings (SSSR count). The fourth-order valence-corrected chi connectivity index (χ4v) is 3.27. The van der Waals surface area contributed by atoms with Crippen LogP contribution in [0.25, 0.3) is 0 Å². The first-order valence-corrected chi connectivity index (χ1v) is 8.05. The topological polar surface area (TPSA) is 24.5 Å². The van der Waals surface area contributed by atoms with Crippen molar-refractivity contribution >= 4 is 5.69 Å². The van der Waals surface area contributed by atoms with E-state index in [9.17, 15) is 13.2 Å². The Morgan fingerprint density at radius 2 is 1.91 bits per heavy atom. The predicted molar refractivity (Wildman–Crippen MR) is 85.8 cm³/mol. The lowest BCUT2D eigenvalue weighted by atomic mass is 9.98. The van der Waals surface area contributed by atoms with E-state index in [1.165, 1.54) is 19.2 Å². The molecule has 0 aliphatic carbocycles. The van der Waals surface area contributed by atoms with Gasteiger partial charge in [-0.15, -0.1) is 0 Å². The van der Waals surface area contributed by atoms with Crippen molar-refractivity contribution in [3.8, 4) is 0 Å². The average molecular weight is 330 g/mol. The first-order chi connectivity index (χ1) is 10.9. The molecule has 1 aromatic rings. The van der Waals surface area contributed by atoms with Gasteiger partial charge in [-0.05, 0) is 63.0 Å². The van der Waals surface area contributed by atoms with Gasteiger partial charge in [-0.3, -0.25) is 0 Å². The summed E-state index contributed by atoms with van der Waals surface area (Å²) in [7, 11) is 1.50. The predicted octanol–water partition coefficient (Wildman–Crippen LogP) is 3.74. The highest BCUT2D eigenvalue weighted by atomic mass is 19.4. The molecular weight excluding hydrogens is 305 g/mol. The molecule has 130 valence electrons. The lowest BCUT2D eigenvalue weighted by Gasteiger charge is -2.37. The molecule has 1 N–H and O–H groups in total. The number of halogens is 3. The Morgan fingerprint density at radius 3 is 2.43 bits per heavy atom. The fourth-order valence-electron chi connectivity index (χ4n) is 3.27. The van der Waals surface area contributed by atoms with Crippen LogP contribution in [0.2, 0.25) is 0 Å². The van der Waals surface area contributed by atoms with Gasteiger partial charge >= 0.3 is 6.18 Å². The van der Waals surface area contributed by atoms with Gasteiger partial charge < -0.3 is 15.0 Å². The van der Waals surface area contributed by atoms with E-state index in [1.54, 1.807) is 0 Å². The number of nitrogens with one attached hydrogen (secondary N) is 1. The van der Waals surface area contributed by atoms with E-state index in [4.69, 9.17) is 4.74 Å². The van der Waals surface area contributed by atoms with Crippen LogP contribution in [0.4, 0.5) is 18.9 Å². The second-order valence-corrected chi connectivity index (χ2v) is 5.98. The number of anilines is 1. The zero-order valence-electron chi connectivity index (χ0n) is 14.0. The van der Waals surface area contributed by atoms with Gasteiger partial charge in [-0.2, -0.15) is 13.2 Å². The van der Waals surface area contributed by atoms with Crippen LogP contribution in [-0.4, -0.2) is 32.8 Å². The Hall–Kier alpha value is -1.27. The van der Waals surface area contributed by atoms with Gasteiger partial charge in [0.1, 0.15) is 0 Å². The van der Waals surface area contributed by atoms with Crippen LogP contribution in [0.1, 0.15) is 36.5 Å². The normalized spacial score (nSPS) is 16.6. The lowest BCUT2D eigenvalue weighted by molar-refractivity contribution is -0.137. The summed E-state index contributed by atoms with van der Waals surface area (Å²) in [6, 6.07) is 2.78. The second-order valence-electron chi connectivity index (χ2n) is 5.98. The van der Waals surface area contributed by atoms with Crippen LogP contribution < -0.4 is 10.2 Å². The average Bonchev–Trinajstić information content (AvgIpc) is 2.51. The van der Waals surface area contributed by atoms with Crippen molar-refractivity contribution in [3.63, 3.8) is 0 Å². The maximum absolute atomic E-state index is 13.3. The smallest absolute Gasteiger partial charge is 0.380 e. The summed E-state index contributed by atoms with van der Waals surface area (Å²) >= 11 is 0. The monoisotopic (exact) mass is 330 g/mol. The highest BCUT2D eigenvalue weighted by Crippen LogP contribution is 2.36. The summed E-state index contributed by atoms with van der Waals surface area (Å²) in [4.78, 5) is 2.12. The summed E-state index contributed by atoms with van der Waals surface area (Å²) in [5.74, 6) is 0. The molecule has 1 heterocycles. The molecule has 23 heavy (non-hydrogen) atoms. The van der Waals surface area contributed by atoms with E-state index < -0.39 is 11.7 Å². The van der Waals surface area contributed by atoms with Gasteiger partial charge in [0.2, 0.25) is 0 Å². The van der Waals surface area contributed by atoms with E-state index in [1.807, 2.05) is 13.8 Å². The SMILES string of the molecule is CCN(c1cc(C(F)(F)F)cc(COC)c1C)C1CCNCC1. The Bertz CT molecular complexity index is 525. The molecule has 1 aliphatic rings. The second kappa shape index (κ2) is 7.53. The van der Waals surface area contributed by atoms with Crippen molar-refractivity contribution in [1.82, 2.24) is 5.32 Å². The van der Waals surface area contributed by atoms with E-state index in [-0.39, 0.29) is 12.6 Å². The minimum absolute atomic E-state index is 0.187. The van der Waals surface area contributed by atoms with E-state index in [2.05, 4.69) is 10.2 Å².